The fourth-order valence-corrected chi connectivity index (χ4v) is 0.102. The summed E-state index contributed by atoms with van der Waals surface area (Å²) in [6, 6.07) is 0. The molecule has 1 N–H and O–H groups in total. The normalized spacial score (nSPS) is 6.67. The second-order valence-electron chi connectivity index (χ2n) is 0.742. The summed E-state index contributed by atoms with van der Waals surface area (Å²) in [6.07, 6.45) is 1.56. The van der Waals surface area contributed by atoms with E-state index in [0.717, 1.165) is 0 Å². The number of nitroso groups, excluding NO2 is 1. The molecule has 0 aliphatic rings. The molecule has 0 rings (SSSR count). The molecule has 0 amide bonds. The molecule has 6 heavy (non-hydrogen) atoms. The molecule has 0 unspecified atom stereocenters. The van der Waals surface area contributed by atoms with Crippen LogP contribution in [0, 0.1) is 4.91 Å². The van der Waals surface area contributed by atoms with Gasteiger partial charge < -0.3 is 0 Å². The van der Waals surface area contributed by atoms with E-state index >= 15 is 0 Å². The van der Waals surface area contributed by atoms with Gasteiger partial charge in [-0.15, -0.1) is 11.5 Å². The zero-order valence-corrected chi connectivity index (χ0v) is 3.35. The summed E-state index contributed by atoms with van der Waals surface area (Å²) in [6.45, 7) is 3.78. The average Bonchev–Trinajstić information content (AvgIpc) is 1.61. The maximum Gasteiger partial charge on any atom is 0.0539 e. The van der Waals surface area contributed by atoms with Crippen molar-refractivity contribution < 1.29 is 0 Å². The van der Waals surface area contributed by atoms with Crippen LogP contribution in [-0.4, -0.2) is 6.54 Å². The van der Waals surface area contributed by atoms with Crippen molar-refractivity contribution >= 4 is 0 Å². The highest BCUT2D eigenvalue weighted by Gasteiger charge is 1.64. The molecule has 0 aliphatic heterocycles. The Morgan fingerprint density at radius 3 is 2.83 bits per heavy atom. The second-order valence-corrected chi connectivity index (χ2v) is 0.742. The molecule has 0 radical (unpaired) electrons. The average molecular weight is 86.1 g/mol. The van der Waals surface area contributed by atoms with Crippen molar-refractivity contribution in [1.29, 1.82) is 0 Å². The fraction of sp³-hybridized carbons (Fsp3) is 0.333. The quantitative estimate of drug-likeness (QED) is 0.234. The Hall–Kier alpha value is -0.860. The summed E-state index contributed by atoms with van der Waals surface area (Å²) < 4.78 is 0. The SMILES string of the molecule is C=CCNN=O. The van der Waals surface area contributed by atoms with E-state index in [9.17, 15) is 0 Å². The Labute approximate surface area is 36.0 Å². The number of hydrogen-bond acceptors (Lipinski definition) is 2. The van der Waals surface area contributed by atoms with E-state index in [-0.39, 0.29) is 0 Å². The number of hydrogen-bond donors (Lipinski definition) is 1. The first kappa shape index (κ1) is 5.14. The highest BCUT2D eigenvalue weighted by molar-refractivity contribution is 4.67. The lowest BCUT2D eigenvalue weighted by Crippen LogP contribution is -2.00. The van der Waals surface area contributed by atoms with Gasteiger partial charge in [-0.1, -0.05) is 6.08 Å². The van der Waals surface area contributed by atoms with Gasteiger partial charge in [0.2, 0.25) is 0 Å². The third kappa shape index (κ3) is 3.14. The molecule has 0 saturated heterocycles. The van der Waals surface area contributed by atoms with Gasteiger partial charge in [0.15, 0.2) is 0 Å². The summed E-state index contributed by atoms with van der Waals surface area (Å²) in [5.41, 5.74) is 2.15. The van der Waals surface area contributed by atoms with Crippen molar-refractivity contribution in [3.05, 3.63) is 17.6 Å². The highest BCUT2D eigenvalue weighted by Crippen LogP contribution is 1.55. The summed E-state index contributed by atoms with van der Waals surface area (Å²) in [7, 11) is 0. The van der Waals surface area contributed by atoms with Crippen molar-refractivity contribution in [1.82, 2.24) is 5.43 Å². The van der Waals surface area contributed by atoms with Crippen LogP contribution in [0.25, 0.3) is 0 Å². The fourth-order valence-electron chi connectivity index (χ4n) is 0.102. The monoisotopic (exact) mass is 86.0 g/mol. The zero-order valence-electron chi connectivity index (χ0n) is 3.35. The van der Waals surface area contributed by atoms with Gasteiger partial charge in [0, 0.05) is 5.29 Å². The number of rotatable bonds is 3. The van der Waals surface area contributed by atoms with Gasteiger partial charge in [0.05, 0.1) is 6.54 Å². The van der Waals surface area contributed by atoms with Crippen molar-refractivity contribution in [3.63, 3.8) is 0 Å². The van der Waals surface area contributed by atoms with E-state index in [0.29, 0.717) is 6.54 Å². The lowest BCUT2D eigenvalue weighted by atomic mass is 10.7. The molecule has 0 atom stereocenters. The minimum atomic E-state index is 0.448. The molecule has 0 aromatic heterocycles. The van der Waals surface area contributed by atoms with E-state index in [4.69, 9.17) is 4.91 Å². The Morgan fingerprint density at radius 1 is 2.00 bits per heavy atom. The molecule has 0 aromatic rings. The molecule has 3 nitrogen and oxygen atoms in total. The first-order chi connectivity index (χ1) is 2.91. The Morgan fingerprint density at radius 2 is 2.67 bits per heavy atom. The van der Waals surface area contributed by atoms with E-state index < -0.39 is 0 Å². The predicted molar refractivity (Wildman–Crippen MR) is 24.0 cm³/mol. The van der Waals surface area contributed by atoms with Gasteiger partial charge in [-0.2, -0.15) is 0 Å². The molecule has 0 fully saturated rings. The minimum absolute atomic E-state index is 0.448. The topological polar surface area (TPSA) is 41.5 Å². The summed E-state index contributed by atoms with van der Waals surface area (Å²) >= 11 is 0. The Kier molecular flexibility index (Phi) is 3.55. The molecule has 0 aliphatic carbocycles. The lowest BCUT2D eigenvalue weighted by Gasteiger charge is -1.79. The number of nitrogens with zero attached hydrogens (tertiary/aromatic N) is 1. The molecular weight excluding hydrogens is 80.0 g/mol. The highest BCUT2D eigenvalue weighted by atomic mass is 16.3. The van der Waals surface area contributed by atoms with Gasteiger partial charge >= 0.3 is 0 Å². The first-order valence-electron chi connectivity index (χ1n) is 1.58. The maximum atomic E-state index is 9.15. The summed E-state index contributed by atoms with van der Waals surface area (Å²) in [5.74, 6) is 0. The van der Waals surface area contributed by atoms with Crippen molar-refractivity contribution in [2.24, 2.45) is 5.29 Å². The minimum Gasteiger partial charge on any atom is -0.270 e. The van der Waals surface area contributed by atoms with Crippen molar-refractivity contribution in [2.45, 2.75) is 0 Å². The molecule has 34 valence electrons. The van der Waals surface area contributed by atoms with Gasteiger partial charge in [0.1, 0.15) is 0 Å². The van der Waals surface area contributed by atoms with Crippen LogP contribution in [0.1, 0.15) is 0 Å². The van der Waals surface area contributed by atoms with Crippen LogP contribution in [0.4, 0.5) is 0 Å². The third-order valence-electron chi connectivity index (χ3n) is 0.300. The number of nitrogens with one attached hydrogen (secondary N) is 1. The van der Waals surface area contributed by atoms with E-state index in [1.54, 1.807) is 6.08 Å². The van der Waals surface area contributed by atoms with Crippen LogP contribution in [0.15, 0.2) is 17.9 Å². The second kappa shape index (κ2) is 4.14. The van der Waals surface area contributed by atoms with Gasteiger partial charge in [-0.25, -0.2) is 0 Å². The zero-order chi connectivity index (χ0) is 4.83. The Bertz CT molecular complexity index is 44.8. The predicted octanol–water partition coefficient (Wildman–Crippen LogP) is 0.443. The smallest absolute Gasteiger partial charge is 0.0539 e. The molecule has 3 heteroatoms. The standard InChI is InChI=1S/C3H6N2O/c1-2-3-4-5-6/h2H,1,3H2,(H,4,6). The molecule has 0 heterocycles. The molecule has 0 bridgehead atoms. The molecule has 0 spiro atoms. The van der Waals surface area contributed by atoms with Crippen molar-refractivity contribution in [2.75, 3.05) is 6.54 Å². The van der Waals surface area contributed by atoms with Gasteiger partial charge in [-0.3, -0.25) is 5.43 Å². The van der Waals surface area contributed by atoms with Crippen LogP contribution in [0.3, 0.4) is 0 Å². The van der Waals surface area contributed by atoms with E-state index in [2.05, 4.69) is 17.3 Å². The van der Waals surface area contributed by atoms with Crippen molar-refractivity contribution in [3.8, 4) is 0 Å². The third-order valence-corrected chi connectivity index (χ3v) is 0.300. The first-order valence-corrected chi connectivity index (χ1v) is 1.58. The van der Waals surface area contributed by atoms with Crippen LogP contribution in [-0.2, 0) is 0 Å². The van der Waals surface area contributed by atoms with Crippen LogP contribution < -0.4 is 5.43 Å². The van der Waals surface area contributed by atoms with Crippen LogP contribution in [0.5, 0.6) is 0 Å². The Balaban J connectivity index is 2.66. The largest absolute Gasteiger partial charge is 0.270 e. The van der Waals surface area contributed by atoms with Crippen LogP contribution in [0.2, 0.25) is 0 Å². The van der Waals surface area contributed by atoms with Gasteiger partial charge in [-0.05, 0) is 0 Å². The molecular formula is C3H6N2O. The van der Waals surface area contributed by atoms with Gasteiger partial charge in [0.25, 0.3) is 0 Å². The summed E-state index contributed by atoms with van der Waals surface area (Å²) in [4.78, 5) is 9.15. The molecule has 0 aromatic carbocycles. The molecule has 0 saturated carbocycles. The summed E-state index contributed by atoms with van der Waals surface area (Å²) in [5, 5.41) is 2.35. The lowest BCUT2D eigenvalue weighted by molar-refractivity contribution is 0.817. The van der Waals surface area contributed by atoms with Crippen LogP contribution >= 0.6 is 0 Å². The maximum absolute atomic E-state index is 9.15. The van der Waals surface area contributed by atoms with E-state index in [1.807, 2.05) is 0 Å². The van der Waals surface area contributed by atoms with E-state index in [1.165, 1.54) is 0 Å².